The highest BCUT2D eigenvalue weighted by Gasteiger charge is 2.23. The van der Waals surface area contributed by atoms with Crippen molar-refractivity contribution in [1.82, 2.24) is 4.72 Å². The van der Waals surface area contributed by atoms with Crippen molar-refractivity contribution in [1.29, 1.82) is 0 Å². The molecule has 2 aromatic carbocycles. The van der Waals surface area contributed by atoms with Crippen LogP contribution in [0.4, 0.5) is 5.69 Å². The van der Waals surface area contributed by atoms with E-state index in [2.05, 4.69) is 28.2 Å². The van der Waals surface area contributed by atoms with Gasteiger partial charge in [-0.2, -0.15) is 0 Å². The summed E-state index contributed by atoms with van der Waals surface area (Å²) < 4.78 is 29.1. The van der Waals surface area contributed by atoms with Crippen molar-refractivity contribution in [3.05, 3.63) is 81.7 Å². The van der Waals surface area contributed by atoms with Crippen LogP contribution in [-0.2, 0) is 22.9 Å². The first-order valence-electron chi connectivity index (χ1n) is 9.19. The van der Waals surface area contributed by atoms with Gasteiger partial charge < -0.3 is 5.32 Å². The van der Waals surface area contributed by atoms with E-state index < -0.39 is 16.1 Å². The van der Waals surface area contributed by atoms with Gasteiger partial charge in [-0.3, -0.25) is 0 Å². The largest absolute Gasteiger partial charge is 0.383 e. The number of nitrogens with one attached hydrogen (secondary N) is 2. The highest BCUT2D eigenvalue weighted by Crippen LogP contribution is 2.28. The molecule has 0 saturated heterocycles. The van der Waals surface area contributed by atoms with Crippen LogP contribution >= 0.6 is 22.9 Å². The number of sulfonamides is 1. The van der Waals surface area contributed by atoms with Gasteiger partial charge in [0, 0.05) is 12.2 Å². The van der Waals surface area contributed by atoms with Crippen molar-refractivity contribution in [2.45, 2.75) is 29.5 Å². The first-order chi connectivity index (χ1) is 13.5. The number of halogens is 1. The molecule has 1 heterocycles. The van der Waals surface area contributed by atoms with E-state index in [4.69, 9.17) is 11.6 Å². The average Bonchev–Trinajstić information content (AvgIpc) is 3.34. The lowest BCUT2D eigenvalue weighted by Gasteiger charge is -2.20. The summed E-state index contributed by atoms with van der Waals surface area (Å²) in [6, 6.07) is 18.7. The van der Waals surface area contributed by atoms with Crippen molar-refractivity contribution >= 4 is 38.6 Å². The summed E-state index contributed by atoms with van der Waals surface area (Å²) in [6.07, 6.45) is 3.46. The van der Waals surface area contributed by atoms with Crippen molar-refractivity contribution in [3.8, 4) is 0 Å². The van der Waals surface area contributed by atoms with E-state index in [1.165, 1.54) is 23.6 Å². The van der Waals surface area contributed by atoms with Gasteiger partial charge in [-0.1, -0.05) is 48.0 Å². The molecule has 0 amide bonds. The van der Waals surface area contributed by atoms with Gasteiger partial charge in [-0.25, -0.2) is 13.1 Å². The van der Waals surface area contributed by atoms with E-state index in [0.29, 0.717) is 10.9 Å². The molecule has 0 bridgehead atoms. The van der Waals surface area contributed by atoms with Crippen molar-refractivity contribution in [2.75, 3.05) is 11.9 Å². The molecule has 0 radical (unpaired) electrons. The maximum Gasteiger partial charge on any atom is 0.250 e. The molecule has 1 atom stereocenters. The monoisotopic (exact) mass is 432 g/mol. The Balaban J connectivity index is 1.54. The minimum Gasteiger partial charge on any atom is -0.383 e. The smallest absolute Gasteiger partial charge is 0.250 e. The molecule has 4 nitrogen and oxygen atoms in total. The number of thiophene rings is 1. The van der Waals surface area contributed by atoms with Crippen molar-refractivity contribution in [3.63, 3.8) is 0 Å². The summed E-state index contributed by atoms with van der Waals surface area (Å²) in [4.78, 5) is 0. The number of aryl methyl sites for hydroxylation is 2. The second kappa shape index (κ2) is 8.25. The lowest BCUT2D eigenvalue weighted by Crippen LogP contribution is -2.32. The summed E-state index contributed by atoms with van der Waals surface area (Å²) in [7, 11) is -3.66. The topological polar surface area (TPSA) is 58.2 Å². The minimum atomic E-state index is -3.66. The van der Waals surface area contributed by atoms with E-state index in [1.54, 1.807) is 6.07 Å². The summed E-state index contributed by atoms with van der Waals surface area (Å²) in [5.41, 5.74) is 4.72. The van der Waals surface area contributed by atoms with E-state index >= 15 is 0 Å². The maximum absolute atomic E-state index is 12.8. The Kier molecular flexibility index (Phi) is 5.73. The van der Waals surface area contributed by atoms with Gasteiger partial charge in [-0.15, -0.1) is 11.3 Å². The van der Waals surface area contributed by atoms with Gasteiger partial charge in [0.05, 0.1) is 10.4 Å². The molecule has 4 rings (SSSR count). The van der Waals surface area contributed by atoms with Gasteiger partial charge in [0.1, 0.15) is 4.21 Å². The van der Waals surface area contributed by atoms with Crippen molar-refractivity contribution in [2.24, 2.45) is 0 Å². The Bertz CT molecular complexity index is 1070. The highest BCUT2D eigenvalue weighted by molar-refractivity contribution is 7.91. The average molecular weight is 433 g/mol. The lowest BCUT2D eigenvalue weighted by molar-refractivity contribution is 0.564. The van der Waals surface area contributed by atoms with Gasteiger partial charge in [0.2, 0.25) is 0 Å². The predicted octanol–water partition coefficient (Wildman–Crippen LogP) is 5.02. The van der Waals surface area contributed by atoms with Gasteiger partial charge in [0.15, 0.2) is 0 Å². The van der Waals surface area contributed by atoms with Crippen LogP contribution in [0, 0.1) is 0 Å². The zero-order chi connectivity index (χ0) is 19.6. The van der Waals surface area contributed by atoms with Crippen LogP contribution < -0.4 is 10.0 Å². The number of hydrogen-bond acceptors (Lipinski definition) is 4. The fourth-order valence-electron chi connectivity index (χ4n) is 3.50. The molecule has 28 heavy (non-hydrogen) atoms. The molecule has 0 fully saturated rings. The molecular weight excluding hydrogens is 412 g/mol. The number of rotatable bonds is 7. The highest BCUT2D eigenvalue weighted by atomic mass is 35.5. The van der Waals surface area contributed by atoms with Crippen LogP contribution in [0.15, 0.2) is 64.9 Å². The third kappa shape index (κ3) is 4.41. The summed E-state index contributed by atoms with van der Waals surface area (Å²) in [5.74, 6) is 0. The Labute approximate surface area is 174 Å². The van der Waals surface area contributed by atoms with Crippen LogP contribution in [-0.4, -0.2) is 15.0 Å². The zero-order valence-electron chi connectivity index (χ0n) is 15.2. The normalized spacial score (nSPS) is 14.6. The van der Waals surface area contributed by atoms with E-state index in [1.807, 2.05) is 30.3 Å². The van der Waals surface area contributed by atoms with E-state index in [-0.39, 0.29) is 4.21 Å². The number of fused-ring (bicyclic) bond motifs is 1. The minimum absolute atomic E-state index is 0.218. The molecule has 1 aliphatic carbocycles. The molecular formula is C21H21ClN2O2S2. The van der Waals surface area contributed by atoms with Crippen LogP contribution in [0.2, 0.25) is 4.34 Å². The number of benzene rings is 2. The molecule has 0 saturated carbocycles. The van der Waals surface area contributed by atoms with Crippen LogP contribution in [0.5, 0.6) is 0 Å². The number of anilines is 1. The molecule has 2 N–H and O–H groups in total. The summed E-state index contributed by atoms with van der Waals surface area (Å²) in [5, 5.41) is 3.40. The van der Waals surface area contributed by atoms with Crippen LogP contribution in [0.1, 0.15) is 29.2 Å². The third-order valence-corrected chi connectivity index (χ3v) is 8.12. The molecule has 1 aliphatic rings. The fourth-order valence-corrected chi connectivity index (χ4v) is 6.23. The third-order valence-electron chi connectivity index (χ3n) is 4.92. The lowest BCUT2D eigenvalue weighted by atomic mass is 10.1. The number of hydrogen-bond donors (Lipinski definition) is 2. The van der Waals surface area contributed by atoms with Gasteiger partial charge in [0.25, 0.3) is 10.0 Å². The predicted molar refractivity (Wildman–Crippen MR) is 116 cm³/mol. The summed E-state index contributed by atoms with van der Waals surface area (Å²) in [6.45, 7) is 0.446. The fraction of sp³-hybridized carbons (Fsp3) is 0.238. The molecule has 1 aromatic heterocycles. The van der Waals surface area contributed by atoms with Crippen LogP contribution in [0.25, 0.3) is 0 Å². The molecule has 146 valence electrons. The first-order valence-corrected chi connectivity index (χ1v) is 11.9. The standard InChI is InChI=1S/C21H21ClN2O2S2/c22-20-11-12-21(27-20)28(25,26)24-19(16-5-2-1-3-6-16)14-23-18-10-9-15-7-4-8-17(15)13-18/h1-3,5-6,9-13,19,23-24H,4,7-8,14H2/t19-/m1/s1. The molecule has 0 spiro atoms. The Morgan fingerprint density at radius 2 is 1.79 bits per heavy atom. The van der Waals surface area contributed by atoms with Crippen LogP contribution in [0.3, 0.4) is 0 Å². The van der Waals surface area contributed by atoms with Gasteiger partial charge in [-0.05, 0) is 60.2 Å². The van der Waals surface area contributed by atoms with Gasteiger partial charge >= 0.3 is 0 Å². The first kappa shape index (κ1) is 19.5. The Morgan fingerprint density at radius 1 is 1.00 bits per heavy atom. The molecule has 7 heteroatoms. The second-order valence-corrected chi connectivity index (χ2v) is 10.5. The van der Waals surface area contributed by atoms with E-state index in [9.17, 15) is 8.42 Å². The Morgan fingerprint density at radius 3 is 2.54 bits per heavy atom. The SMILES string of the molecule is O=S(=O)(N[C@H](CNc1ccc2c(c1)CCC2)c1ccccc1)c1ccc(Cl)s1. The quantitative estimate of drug-likeness (QED) is 0.551. The maximum atomic E-state index is 12.8. The molecule has 3 aromatic rings. The molecule has 0 aliphatic heterocycles. The van der Waals surface area contributed by atoms with E-state index in [0.717, 1.165) is 35.4 Å². The zero-order valence-corrected chi connectivity index (χ0v) is 17.6. The van der Waals surface area contributed by atoms with Crippen molar-refractivity contribution < 1.29 is 8.42 Å². The second-order valence-electron chi connectivity index (χ2n) is 6.86. The molecule has 0 unspecified atom stereocenters. The Hall–Kier alpha value is -1.86. The summed E-state index contributed by atoms with van der Waals surface area (Å²) >= 11 is 6.98.